The maximum atomic E-state index is 13.2. The highest BCUT2D eigenvalue weighted by atomic mass is 35.5. The van der Waals surface area contributed by atoms with Crippen LogP contribution in [0.3, 0.4) is 0 Å². The Bertz CT molecular complexity index is 1060. The van der Waals surface area contributed by atoms with Gasteiger partial charge in [0.25, 0.3) is 5.91 Å². The van der Waals surface area contributed by atoms with E-state index in [4.69, 9.17) is 11.6 Å². The zero-order valence-corrected chi connectivity index (χ0v) is 19.6. The molecule has 2 fully saturated rings. The molecule has 2 aromatic rings. The third-order valence-electron chi connectivity index (χ3n) is 6.10. The lowest BCUT2D eigenvalue weighted by Crippen LogP contribution is -2.45. The van der Waals surface area contributed by atoms with Crippen LogP contribution in [-0.2, 0) is 10.0 Å². The molecule has 1 N–H and O–H groups in total. The fourth-order valence-electron chi connectivity index (χ4n) is 4.29. The van der Waals surface area contributed by atoms with Gasteiger partial charge in [-0.05, 0) is 55.9 Å². The molecule has 0 radical (unpaired) electrons. The molecule has 4 rings (SSSR count). The molecule has 1 aromatic carbocycles. The van der Waals surface area contributed by atoms with Crippen LogP contribution in [0.25, 0.3) is 0 Å². The standard InChI is InChI=1S/C22H28ClN5O3S/c1-16-4-2-11-28(15-16)32(30,31)20-14-17(5-6-19(20)23)21(29)26-18-7-12-27(13-8-18)22-24-9-3-10-25-22/h3,5-6,9-10,14,16,18H,2,4,7-8,11-13,15H2,1H3,(H,26,29). The first-order valence-corrected chi connectivity index (χ1v) is 12.8. The summed E-state index contributed by atoms with van der Waals surface area (Å²) in [5.74, 6) is 0.701. The summed E-state index contributed by atoms with van der Waals surface area (Å²) in [5, 5.41) is 3.17. The van der Waals surface area contributed by atoms with Gasteiger partial charge >= 0.3 is 0 Å². The molecule has 0 bridgehead atoms. The molecular weight excluding hydrogens is 450 g/mol. The molecule has 8 nitrogen and oxygen atoms in total. The van der Waals surface area contributed by atoms with Crippen molar-refractivity contribution in [3.05, 3.63) is 47.2 Å². The van der Waals surface area contributed by atoms with E-state index in [-0.39, 0.29) is 21.9 Å². The van der Waals surface area contributed by atoms with E-state index in [1.54, 1.807) is 24.5 Å². The first-order chi connectivity index (χ1) is 15.3. The molecule has 2 saturated heterocycles. The Morgan fingerprint density at radius 2 is 1.84 bits per heavy atom. The maximum absolute atomic E-state index is 13.2. The molecule has 2 aliphatic heterocycles. The van der Waals surface area contributed by atoms with Crippen LogP contribution < -0.4 is 10.2 Å². The minimum atomic E-state index is -3.75. The predicted molar refractivity (Wildman–Crippen MR) is 123 cm³/mol. The molecule has 1 unspecified atom stereocenters. The van der Waals surface area contributed by atoms with E-state index >= 15 is 0 Å². The van der Waals surface area contributed by atoms with Gasteiger partial charge in [-0.2, -0.15) is 4.31 Å². The topological polar surface area (TPSA) is 95.5 Å². The van der Waals surface area contributed by atoms with Crippen LogP contribution in [-0.4, -0.2) is 60.8 Å². The van der Waals surface area contributed by atoms with Gasteiger partial charge in [0.2, 0.25) is 16.0 Å². The normalized spacial score (nSPS) is 20.8. The number of benzene rings is 1. The minimum Gasteiger partial charge on any atom is -0.349 e. The van der Waals surface area contributed by atoms with Gasteiger partial charge in [0, 0.05) is 50.2 Å². The van der Waals surface area contributed by atoms with Crippen LogP contribution in [0.4, 0.5) is 5.95 Å². The van der Waals surface area contributed by atoms with Gasteiger partial charge in [-0.15, -0.1) is 0 Å². The summed E-state index contributed by atoms with van der Waals surface area (Å²) in [6.45, 7) is 4.47. The number of hydrogen-bond acceptors (Lipinski definition) is 6. The molecule has 0 aliphatic carbocycles. The fraction of sp³-hybridized carbons (Fsp3) is 0.500. The van der Waals surface area contributed by atoms with Gasteiger partial charge in [0.15, 0.2) is 0 Å². The average molecular weight is 478 g/mol. The van der Waals surface area contributed by atoms with Crippen molar-refractivity contribution < 1.29 is 13.2 Å². The molecule has 1 atom stereocenters. The van der Waals surface area contributed by atoms with Crippen molar-refractivity contribution >= 4 is 33.5 Å². The number of anilines is 1. The van der Waals surface area contributed by atoms with Crippen LogP contribution in [0.15, 0.2) is 41.6 Å². The summed E-state index contributed by atoms with van der Waals surface area (Å²) in [5.41, 5.74) is 0.298. The summed E-state index contributed by atoms with van der Waals surface area (Å²) in [6.07, 6.45) is 6.78. The Hall–Kier alpha value is -2.23. The number of carbonyl (C=O) groups is 1. The first kappa shape index (κ1) is 22.9. The van der Waals surface area contributed by atoms with Crippen molar-refractivity contribution in [2.75, 3.05) is 31.1 Å². The number of piperidine rings is 2. The van der Waals surface area contributed by atoms with E-state index in [2.05, 4.69) is 20.2 Å². The van der Waals surface area contributed by atoms with Crippen LogP contribution >= 0.6 is 11.6 Å². The van der Waals surface area contributed by atoms with Crippen molar-refractivity contribution in [2.45, 2.75) is 43.5 Å². The quantitative estimate of drug-likeness (QED) is 0.711. The van der Waals surface area contributed by atoms with Gasteiger partial charge in [0.05, 0.1) is 5.02 Å². The Morgan fingerprint density at radius 1 is 1.12 bits per heavy atom. The second-order valence-corrected chi connectivity index (χ2v) is 10.9. The largest absolute Gasteiger partial charge is 0.349 e. The lowest BCUT2D eigenvalue weighted by atomic mass is 10.0. The Labute approximate surface area is 194 Å². The van der Waals surface area contributed by atoms with Gasteiger partial charge < -0.3 is 10.2 Å². The molecule has 10 heteroatoms. The summed E-state index contributed by atoms with van der Waals surface area (Å²) in [7, 11) is -3.75. The number of nitrogens with one attached hydrogen (secondary N) is 1. The zero-order chi connectivity index (χ0) is 22.7. The highest BCUT2D eigenvalue weighted by molar-refractivity contribution is 7.89. The van der Waals surface area contributed by atoms with Crippen molar-refractivity contribution in [1.29, 1.82) is 0 Å². The summed E-state index contributed by atoms with van der Waals surface area (Å²) in [4.78, 5) is 23.5. The molecule has 1 aromatic heterocycles. The van der Waals surface area contributed by atoms with E-state index < -0.39 is 10.0 Å². The predicted octanol–water partition coefficient (Wildman–Crippen LogP) is 2.95. The summed E-state index contributed by atoms with van der Waals surface area (Å²) in [6, 6.07) is 6.25. The molecule has 32 heavy (non-hydrogen) atoms. The number of rotatable bonds is 5. The third kappa shape index (κ3) is 5.05. The van der Waals surface area contributed by atoms with Crippen molar-refractivity contribution in [3.8, 4) is 0 Å². The fourth-order valence-corrected chi connectivity index (χ4v) is 6.39. The second kappa shape index (κ2) is 9.72. The number of aromatic nitrogens is 2. The molecule has 0 saturated carbocycles. The van der Waals surface area contributed by atoms with Crippen molar-refractivity contribution in [2.24, 2.45) is 5.92 Å². The number of amides is 1. The third-order valence-corrected chi connectivity index (χ3v) is 8.44. The van der Waals surface area contributed by atoms with Crippen LogP contribution in [0.5, 0.6) is 0 Å². The number of sulfonamides is 1. The number of hydrogen-bond donors (Lipinski definition) is 1. The summed E-state index contributed by atoms with van der Waals surface area (Å²) >= 11 is 6.25. The zero-order valence-electron chi connectivity index (χ0n) is 18.1. The number of carbonyl (C=O) groups excluding carboxylic acids is 1. The van der Waals surface area contributed by atoms with Crippen LogP contribution in [0.1, 0.15) is 43.0 Å². The molecule has 172 valence electrons. The smallest absolute Gasteiger partial charge is 0.251 e. The Kier molecular flexibility index (Phi) is 6.97. The van der Waals surface area contributed by atoms with Gasteiger partial charge in [0.1, 0.15) is 4.90 Å². The molecule has 2 aliphatic rings. The SMILES string of the molecule is CC1CCCN(S(=O)(=O)c2cc(C(=O)NC3CCN(c4ncccn4)CC3)ccc2Cl)C1. The van der Waals surface area contributed by atoms with Gasteiger partial charge in [-0.25, -0.2) is 18.4 Å². The highest BCUT2D eigenvalue weighted by Crippen LogP contribution is 2.29. The Balaban J connectivity index is 1.42. The maximum Gasteiger partial charge on any atom is 0.251 e. The van der Waals surface area contributed by atoms with Gasteiger partial charge in [-0.1, -0.05) is 18.5 Å². The highest BCUT2D eigenvalue weighted by Gasteiger charge is 2.31. The monoisotopic (exact) mass is 477 g/mol. The lowest BCUT2D eigenvalue weighted by molar-refractivity contribution is 0.0931. The van der Waals surface area contributed by atoms with Gasteiger partial charge in [-0.3, -0.25) is 4.79 Å². The molecule has 3 heterocycles. The summed E-state index contributed by atoms with van der Waals surface area (Å²) < 4.78 is 27.8. The number of nitrogens with zero attached hydrogens (tertiary/aromatic N) is 4. The van der Waals surface area contributed by atoms with Crippen molar-refractivity contribution in [1.82, 2.24) is 19.6 Å². The van der Waals surface area contributed by atoms with E-state index in [1.807, 2.05) is 6.92 Å². The van der Waals surface area contributed by atoms with E-state index in [9.17, 15) is 13.2 Å². The van der Waals surface area contributed by atoms with Crippen LogP contribution in [0, 0.1) is 5.92 Å². The van der Waals surface area contributed by atoms with Crippen molar-refractivity contribution in [3.63, 3.8) is 0 Å². The Morgan fingerprint density at radius 3 is 2.53 bits per heavy atom. The second-order valence-electron chi connectivity index (χ2n) is 8.54. The first-order valence-electron chi connectivity index (χ1n) is 11.0. The van der Waals surface area contributed by atoms with E-state index in [0.29, 0.717) is 30.5 Å². The lowest BCUT2D eigenvalue weighted by Gasteiger charge is -2.32. The molecule has 0 spiro atoms. The molecular formula is C22H28ClN5O3S. The van der Waals surface area contributed by atoms with Crippen LogP contribution in [0.2, 0.25) is 5.02 Å². The van der Waals surface area contributed by atoms with E-state index in [1.165, 1.54) is 16.4 Å². The number of halogens is 1. The minimum absolute atomic E-state index is 0.00106. The molecule has 1 amide bonds. The van der Waals surface area contributed by atoms with E-state index in [0.717, 1.165) is 38.8 Å². The average Bonchev–Trinajstić information content (AvgIpc) is 2.80.